The summed E-state index contributed by atoms with van der Waals surface area (Å²) in [6.07, 6.45) is 11.0. The van der Waals surface area contributed by atoms with Gasteiger partial charge in [0.25, 0.3) is 0 Å². The van der Waals surface area contributed by atoms with E-state index >= 15 is 0 Å². The Labute approximate surface area is 128 Å². The number of nitrogens with zero attached hydrogens (tertiary/aromatic N) is 3. The summed E-state index contributed by atoms with van der Waals surface area (Å²) in [5.41, 5.74) is 2.29. The average Bonchev–Trinajstić information content (AvgIpc) is 2.80. The number of allylic oxidation sites excluding steroid dienone is 3. The molecule has 1 fully saturated rings. The van der Waals surface area contributed by atoms with Crippen LogP contribution in [0.15, 0.2) is 29.2 Å². The second kappa shape index (κ2) is 5.48. The Morgan fingerprint density at radius 2 is 2.19 bits per heavy atom. The Balaban J connectivity index is 1.93. The van der Waals surface area contributed by atoms with Gasteiger partial charge in [-0.3, -0.25) is 0 Å². The van der Waals surface area contributed by atoms with Gasteiger partial charge in [-0.15, -0.1) is 0 Å². The highest BCUT2D eigenvalue weighted by Gasteiger charge is 2.50. The number of hydrogen-bond acceptors (Lipinski definition) is 4. The van der Waals surface area contributed by atoms with E-state index in [-0.39, 0.29) is 5.60 Å². The van der Waals surface area contributed by atoms with Gasteiger partial charge < -0.3 is 14.6 Å². The number of likely N-dealkylation sites (N-methyl/N-ethyl adjacent to an activating group) is 1. The Hall–Kier alpha value is -1.29. The fraction of sp³-hybridized carbons (Fsp3) is 0.706. The van der Waals surface area contributed by atoms with Crippen molar-refractivity contribution in [2.75, 3.05) is 13.6 Å². The average molecular weight is 289 g/mol. The van der Waals surface area contributed by atoms with Crippen molar-refractivity contribution in [3.05, 3.63) is 24.0 Å². The van der Waals surface area contributed by atoms with Crippen LogP contribution < -0.4 is 0 Å². The topological polar surface area (TPSA) is 28.1 Å². The highest BCUT2D eigenvalue weighted by Crippen LogP contribution is 2.40. The van der Waals surface area contributed by atoms with Gasteiger partial charge in [0.05, 0.1) is 11.8 Å². The largest absolute Gasteiger partial charge is 0.387 e. The van der Waals surface area contributed by atoms with Gasteiger partial charge in [0, 0.05) is 30.9 Å². The van der Waals surface area contributed by atoms with Crippen molar-refractivity contribution in [1.29, 1.82) is 0 Å². The zero-order chi connectivity index (χ0) is 15.0. The molecule has 1 spiro atoms. The fourth-order valence-corrected chi connectivity index (χ4v) is 3.77. The molecule has 3 rings (SSSR count). The smallest absolute Gasteiger partial charge is 0.164 e. The molecule has 0 unspecified atom stereocenters. The van der Waals surface area contributed by atoms with Crippen LogP contribution in [0.3, 0.4) is 0 Å². The van der Waals surface area contributed by atoms with Gasteiger partial charge in [-0.2, -0.15) is 0 Å². The second-order valence-corrected chi connectivity index (χ2v) is 6.88. The molecule has 1 saturated heterocycles. The monoisotopic (exact) mass is 289 g/mol. The second-order valence-electron chi connectivity index (χ2n) is 6.88. The number of likely N-dealkylation sites (tertiary alicyclic amines) is 1. The highest BCUT2D eigenvalue weighted by molar-refractivity contribution is 5.83. The third kappa shape index (κ3) is 2.61. The first-order valence-electron chi connectivity index (χ1n) is 8.05. The standard InChI is InChI=1S/C17H27N3O/c1-13-11-17(21-18-13)9-8-14(2)19(4)12-16(17)20-10-6-5-7-15(20)3/h6-7,10,14,16H,5,8-9,11-12H2,1-4H3/t14-,16+,17-/m0/s1. The quantitative estimate of drug-likeness (QED) is 0.742. The molecule has 0 aromatic carbocycles. The van der Waals surface area contributed by atoms with Crippen molar-refractivity contribution in [3.8, 4) is 0 Å². The first-order valence-corrected chi connectivity index (χ1v) is 8.05. The Morgan fingerprint density at radius 3 is 2.86 bits per heavy atom. The van der Waals surface area contributed by atoms with Crippen molar-refractivity contribution in [2.45, 2.75) is 64.1 Å². The molecule has 4 nitrogen and oxygen atoms in total. The van der Waals surface area contributed by atoms with Crippen molar-refractivity contribution >= 4 is 5.71 Å². The molecule has 3 atom stereocenters. The third-order valence-electron chi connectivity index (χ3n) is 5.30. The van der Waals surface area contributed by atoms with Gasteiger partial charge in [0.2, 0.25) is 0 Å². The van der Waals surface area contributed by atoms with Gasteiger partial charge in [-0.25, -0.2) is 0 Å². The van der Waals surface area contributed by atoms with Crippen molar-refractivity contribution in [3.63, 3.8) is 0 Å². The molecule has 116 valence electrons. The van der Waals surface area contributed by atoms with Gasteiger partial charge in [-0.1, -0.05) is 17.3 Å². The van der Waals surface area contributed by atoms with E-state index in [2.05, 4.69) is 61.1 Å². The lowest BCUT2D eigenvalue weighted by Gasteiger charge is -2.42. The minimum atomic E-state index is -0.167. The normalized spacial score (nSPS) is 37.2. The van der Waals surface area contributed by atoms with Crippen LogP contribution in [0, 0.1) is 0 Å². The molecule has 4 heteroatoms. The minimum Gasteiger partial charge on any atom is -0.387 e. The molecule has 3 aliphatic heterocycles. The molecule has 0 amide bonds. The molecule has 0 bridgehead atoms. The number of hydrogen-bond donors (Lipinski definition) is 0. The van der Waals surface area contributed by atoms with E-state index in [0.717, 1.165) is 37.9 Å². The lowest BCUT2D eigenvalue weighted by Crippen LogP contribution is -2.54. The fourth-order valence-electron chi connectivity index (χ4n) is 3.77. The molecule has 0 saturated carbocycles. The van der Waals surface area contributed by atoms with Crippen LogP contribution in [0.25, 0.3) is 0 Å². The predicted molar refractivity (Wildman–Crippen MR) is 86.0 cm³/mol. The maximum atomic E-state index is 6.04. The van der Waals surface area contributed by atoms with E-state index in [1.807, 2.05) is 0 Å². The van der Waals surface area contributed by atoms with Crippen molar-refractivity contribution < 1.29 is 4.84 Å². The molecule has 0 N–H and O–H groups in total. The van der Waals surface area contributed by atoms with Gasteiger partial charge in [0.1, 0.15) is 0 Å². The molecule has 3 aliphatic rings. The Bertz CT molecular complexity index is 496. The molecular formula is C17H27N3O. The summed E-state index contributed by atoms with van der Waals surface area (Å²) in [5.74, 6) is 0. The molecule has 0 aromatic heterocycles. The van der Waals surface area contributed by atoms with Crippen molar-refractivity contribution in [2.24, 2.45) is 5.16 Å². The number of rotatable bonds is 1. The van der Waals surface area contributed by atoms with E-state index in [9.17, 15) is 0 Å². The van der Waals surface area contributed by atoms with Crippen LogP contribution in [0.2, 0.25) is 0 Å². The third-order valence-corrected chi connectivity index (χ3v) is 5.30. The Morgan fingerprint density at radius 1 is 1.38 bits per heavy atom. The number of oxime groups is 1. The van der Waals surface area contributed by atoms with Crippen LogP contribution >= 0.6 is 0 Å². The minimum absolute atomic E-state index is 0.167. The van der Waals surface area contributed by atoms with Crippen molar-refractivity contribution in [1.82, 2.24) is 9.80 Å². The van der Waals surface area contributed by atoms with E-state index in [0.29, 0.717) is 12.1 Å². The van der Waals surface area contributed by atoms with Crippen LogP contribution in [0.4, 0.5) is 0 Å². The molecular weight excluding hydrogens is 262 g/mol. The van der Waals surface area contributed by atoms with E-state index in [1.54, 1.807) is 0 Å². The van der Waals surface area contributed by atoms with E-state index in [1.165, 1.54) is 5.70 Å². The summed E-state index contributed by atoms with van der Waals surface area (Å²) >= 11 is 0. The van der Waals surface area contributed by atoms with E-state index < -0.39 is 0 Å². The molecule has 21 heavy (non-hydrogen) atoms. The lowest BCUT2D eigenvalue weighted by atomic mass is 9.84. The van der Waals surface area contributed by atoms with Crippen LogP contribution in [-0.4, -0.2) is 46.8 Å². The molecule has 3 heterocycles. The summed E-state index contributed by atoms with van der Waals surface area (Å²) in [5, 5.41) is 4.30. The molecule has 0 aromatic rings. The predicted octanol–water partition coefficient (Wildman–Crippen LogP) is 3.13. The maximum absolute atomic E-state index is 6.04. The zero-order valence-corrected chi connectivity index (χ0v) is 13.7. The van der Waals surface area contributed by atoms with Gasteiger partial charge in [-0.05, 0) is 47.1 Å². The molecule has 0 radical (unpaired) electrons. The summed E-state index contributed by atoms with van der Waals surface area (Å²) in [6, 6.07) is 0.913. The van der Waals surface area contributed by atoms with Gasteiger partial charge in [0.15, 0.2) is 5.60 Å². The first kappa shape index (κ1) is 14.6. The lowest BCUT2D eigenvalue weighted by molar-refractivity contribution is -0.0713. The van der Waals surface area contributed by atoms with Crippen LogP contribution in [0.5, 0.6) is 0 Å². The molecule has 0 aliphatic carbocycles. The first-order chi connectivity index (χ1) is 10.0. The summed E-state index contributed by atoms with van der Waals surface area (Å²) in [7, 11) is 2.23. The Kier molecular flexibility index (Phi) is 3.82. The van der Waals surface area contributed by atoms with Gasteiger partial charge >= 0.3 is 0 Å². The van der Waals surface area contributed by atoms with Crippen LogP contribution in [0.1, 0.15) is 46.5 Å². The summed E-state index contributed by atoms with van der Waals surface area (Å²) < 4.78 is 0. The summed E-state index contributed by atoms with van der Waals surface area (Å²) in [4.78, 5) is 10.9. The maximum Gasteiger partial charge on any atom is 0.164 e. The van der Waals surface area contributed by atoms with E-state index in [4.69, 9.17) is 4.84 Å². The zero-order valence-electron chi connectivity index (χ0n) is 13.7. The SMILES string of the molecule is CC1=CCC=CN1[C@@H]1CN(C)[C@@H](C)CC[C@]12CC(C)=NO2. The van der Waals surface area contributed by atoms with Crippen LogP contribution in [-0.2, 0) is 4.84 Å². The highest BCUT2D eigenvalue weighted by atomic mass is 16.7. The summed E-state index contributed by atoms with van der Waals surface area (Å²) in [6.45, 7) is 7.61.